The molecule has 2 atom stereocenters. The third kappa shape index (κ3) is 9.30. The summed E-state index contributed by atoms with van der Waals surface area (Å²) in [6, 6.07) is 0. The second-order valence-electron chi connectivity index (χ2n) is 8.41. The largest absolute Gasteiger partial charge is 0.414 e. The molecule has 26 heavy (non-hydrogen) atoms. The molecule has 1 aliphatic rings. The number of ether oxygens (including phenoxy) is 3. The Balaban J connectivity index is 2.58. The summed E-state index contributed by atoms with van der Waals surface area (Å²) in [5.41, 5.74) is 0. The topological polar surface area (TPSA) is 36.9 Å². The summed E-state index contributed by atoms with van der Waals surface area (Å²) in [7, 11) is 1.75. The first kappa shape index (κ1) is 24.8. The van der Waals surface area contributed by atoms with Crippen molar-refractivity contribution in [2.75, 3.05) is 45.5 Å². The highest BCUT2D eigenvalue weighted by molar-refractivity contribution is 8.17. The van der Waals surface area contributed by atoms with Crippen LogP contribution in [-0.4, -0.2) is 70.7 Å². The number of hydrogen-bond acceptors (Lipinski definition) is 6. The third-order valence-corrected chi connectivity index (χ3v) is 12.8. The lowest BCUT2D eigenvalue weighted by atomic mass is 10.1. The molecule has 0 amide bonds. The van der Waals surface area contributed by atoms with Crippen molar-refractivity contribution in [3.05, 3.63) is 0 Å². The van der Waals surface area contributed by atoms with Gasteiger partial charge in [-0.15, -0.1) is 23.5 Å². The van der Waals surface area contributed by atoms with Gasteiger partial charge in [-0.05, 0) is 42.5 Å². The first-order valence-electron chi connectivity index (χ1n) is 9.70. The maximum Gasteiger partial charge on any atom is 0.192 e. The predicted molar refractivity (Wildman–Crippen MR) is 118 cm³/mol. The molecule has 1 rings (SSSR count). The van der Waals surface area contributed by atoms with E-state index in [1.54, 1.807) is 7.11 Å². The minimum atomic E-state index is -1.78. The molecule has 1 saturated heterocycles. The Kier molecular flexibility index (Phi) is 11.8. The average Bonchev–Trinajstić information content (AvgIpc) is 2.58. The van der Waals surface area contributed by atoms with Gasteiger partial charge < -0.3 is 18.6 Å². The average molecular weight is 425 g/mol. The zero-order valence-corrected chi connectivity index (χ0v) is 20.5. The Labute approximate surface area is 171 Å². The summed E-state index contributed by atoms with van der Waals surface area (Å²) in [6.45, 7) is 13.3. The normalized spacial score (nSPS) is 19.5. The molecule has 0 spiro atoms. The fraction of sp³-hybridized carbons (Fsp3) is 1.00. The standard InChI is InChI=1S/C19H40O4S2Si/c1-19(2,3)26(6,7)23-15-17(22-10-9-20-4)13-16(21-5)14-18-24-11-8-12-25-18/h16-18H,8-15H2,1-7H3/t16-,17-/m0/s1. The van der Waals surface area contributed by atoms with Crippen LogP contribution in [0.4, 0.5) is 0 Å². The number of methoxy groups -OCH3 is 2. The first-order chi connectivity index (χ1) is 12.2. The van der Waals surface area contributed by atoms with E-state index in [4.69, 9.17) is 18.6 Å². The molecule has 0 radical (unpaired) electrons. The van der Waals surface area contributed by atoms with Gasteiger partial charge in [-0.2, -0.15) is 0 Å². The smallest absolute Gasteiger partial charge is 0.192 e. The molecule has 0 N–H and O–H groups in total. The molecule has 0 aromatic rings. The molecule has 0 aromatic carbocycles. The van der Waals surface area contributed by atoms with Gasteiger partial charge >= 0.3 is 0 Å². The minimum absolute atomic E-state index is 0.0582. The molecular weight excluding hydrogens is 384 g/mol. The second kappa shape index (κ2) is 12.3. The quantitative estimate of drug-likeness (QED) is 0.323. The van der Waals surface area contributed by atoms with Crippen molar-refractivity contribution in [2.45, 2.75) is 75.0 Å². The van der Waals surface area contributed by atoms with Crippen molar-refractivity contribution in [1.82, 2.24) is 0 Å². The van der Waals surface area contributed by atoms with Gasteiger partial charge in [0.2, 0.25) is 0 Å². The van der Waals surface area contributed by atoms with Crippen LogP contribution in [-0.2, 0) is 18.6 Å². The zero-order valence-electron chi connectivity index (χ0n) is 17.8. The first-order valence-corrected chi connectivity index (χ1v) is 14.7. The van der Waals surface area contributed by atoms with Crippen molar-refractivity contribution < 1.29 is 18.6 Å². The van der Waals surface area contributed by atoms with E-state index in [2.05, 4.69) is 57.4 Å². The van der Waals surface area contributed by atoms with Gasteiger partial charge in [-0.3, -0.25) is 0 Å². The molecule has 0 aliphatic carbocycles. The Morgan fingerprint density at radius 2 is 1.69 bits per heavy atom. The molecule has 0 unspecified atom stereocenters. The van der Waals surface area contributed by atoms with Gasteiger partial charge in [0.15, 0.2) is 8.32 Å². The number of rotatable bonds is 12. The van der Waals surface area contributed by atoms with Crippen molar-refractivity contribution in [1.29, 1.82) is 0 Å². The van der Waals surface area contributed by atoms with Crippen LogP contribution in [0.1, 0.15) is 40.0 Å². The molecule has 0 saturated carbocycles. The number of hydrogen-bond donors (Lipinski definition) is 0. The second-order valence-corrected chi connectivity index (χ2v) is 16.1. The van der Waals surface area contributed by atoms with Gasteiger partial charge in [0.1, 0.15) is 0 Å². The fourth-order valence-electron chi connectivity index (χ4n) is 2.47. The van der Waals surface area contributed by atoms with E-state index >= 15 is 0 Å². The molecule has 1 fully saturated rings. The van der Waals surface area contributed by atoms with Gasteiger partial charge in [-0.1, -0.05) is 20.8 Å². The summed E-state index contributed by atoms with van der Waals surface area (Å²) < 4.78 is 24.1. The zero-order chi connectivity index (χ0) is 19.6. The van der Waals surface area contributed by atoms with Crippen LogP contribution in [0.25, 0.3) is 0 Å². The van der Waals surface area contributed by atoms with Crippen molar-refractivity contribution in [2.24, 2.45) is 0 Å². The monoisotopic (exact) mass is 424 g/mol. The summed E-state index contributed by atoms with van der Waals surface area (Å²) in [4.78, 5) is 0. The molecule has 7 heteroatoms. The SMILES string of the molecule is COCCO[C@H](CO[Si](C)(C)C(C)(C)C)C[C@@H](CC1SCCCS1)OC. The van der Waals surface area contributed by atoms with Crippen LogP contribution in [0.3, 0.4) is 0 Å². The van der Waals surface area contributed by atoms with Crippen LogP contribution in [0.5, 0.6) is 0 Å². The maximum absolute atomic E-state index is 6.43. The summed E-state index contributed by atoms with van der Waals surface area (Å²) in [5.74, 6) is 2.55. The molecule has 0 bridgehead atoms. The highest BCUT2D eigenvalue weighted by atomic mass is 32.2. The lowest BCUT2D eigenvalue weighted by molar-refractivity contribution is -0.0394. The highest BCUT2D eigenvalue weighted by Crippen LogP contribution is 2.37. The predicted octanol–water partition coefficient (Wildman–Crippen LogP) is 5.03. The summed E-state index contributed by atoms with van der Waals surface area (Å²) in [6.07, 6.45) is 3.56. The van der Waals surface area contributed by atoms with Crippen LogP contribution in [0.15, 0.2) is 0 Å². The van der Waals surface area contributed by atoms with Gasteiger partial charge in [0, 0.05) is 20.6 Å². The summed E-state index contributed by atoms with van der Waals surface area (Å²) in [5, 5.41) is 0.208. The van der Waals surface area contributed by atoms with E-state index in [1.165, 1.54) is 17.9 Å². The molecule has 0 aromatic heterocycles. The van der Waals surface area contributed by atoms with E-state index in [0.717, 1.165) is 12.8 Å². The molecule has 4 nitrogen and oxygen atoms in total. The summed E-state index contributed by atoms with van der Waals surface area (Å²) >= 11 is 4.15. The van der Waals surface area contributed by atoms with E-state index in [0.29, 0.717) is 24.4 Å². The van der Waals surface area contributed by atoms with E-state index in [1.807, 2.05) is 7.11 Å². The maximum atomic E-state index is 6.43. The van der Waals surface area contributed by atoms with E-state index in [9.17, 15) is 0 Å². The molecule has 1 aliphatic heterocycles. The lowest BCUT2D eigenvalue weighted by Gasteiger charge is -2.37. The van der Waals surface area contributed by atoms with Crippen LogP contribution in [0, 0.1) is 0 Å². The van der Waals surface area contributed by atoms with Crippen LogP contribution >= 0.6 is 23.5 Å². The number of thioether (sulfide) groups is 2. The van der Waals surface area contributed by atoms with Crippen LogP contribution in [0.2, 0.25) is 18.1 Å². The Morgan fingerprint density at radius 1 is 1.04 bits per heavy atom. The van der Waals surface area contributed by atoms with Crippen molar-refractivity contribution in [3.8, 4) is 0 Å². The minimum Gasteiger partial charge on any atom is -0.414 e. The van der Waals surface area contributed by atoms with Crippen molar-refractivity contribution >= 4 is 31.8 Å². The highest BCUT2D eigenvalue weighted by Gasteiger charge is 2.38. The lowest BCUT2D eigenvalue weighted by Crippen LogP contribution is -2.43. The molecule has 1 heterocycles. The van der Waals surface area contributed by atoms with Gasteiger partial charge in [0.25, 0.3) is 0 Å². The fourth-order valence-corrected chi connectivity index (χ4v) is 6.50. The Morgan fingerprint density at radius 3 is 2.23 bits per heavy atom. The van der Waals surface area contributed by atoms with Crippen molar-refractivity contribution in [3.63, 3.8) is 0 Å². The van der Waals surface area contributed by atoms with Gasteiger partial charge in [0.05, 0.1) is 36.6 Å². The third-order valence-electron chi connectivity index (χ3n) is 5.29. The Bertz CT molecular complexity index is 371. The molecular formula is C19H40O4S2Si. The van der Waals surface area contributed by atoms with Gasteiger partial charge in [-0.25, -0.2) is 0 Å². The van der Waals surface area contributed by atoms with E-state index < -0.39 is 8.32 Å². The van der Waals surface area contributed by atoms with E-state index in [-0.39, 0.29) is 17.2 Å². The molecule has 156 valence electrons. The van der Waals surface area contributed by atoms with Crippen LogP contribution < -0.4 is 0 Å². The Hall–Kier alpha value is 0.757.